The van der Waals surface area contributed by atoms with Crippen LogP contribution in [0.2, 0.25) is 0 Å². The summed E-state index contributed by atoms with van der Waals surface area (Å²) in [6.45, 7) is 5.79. The monoisotopic (exact) mass is 311 g/mol. The number of anilines is 2. The van der Waals surface area contributed by atoms with E-state index in [2.05, 4.69) is 20.3 Å². The summed E-state index contributed by atoms with van der Waals surface area (Å²) in [7, 11) is 0. The van der Waals surface area contributed by atoms with Gasteiger partial charge in [0.2, 0.25) is 5.91 Å². The molecule has 2 amide bonds. The number of nitrogens with zero attached hydrogens (tertiary/aromatic N) is 1. The van der Waals surface area contributed by atoms with Gasteiger partial charge >= 0.3 is 0 Å². The fourth-order valence-electron chi connectivity index (χ4n) is 1.75. The second-order valence-electron chi connectivity index (χ2n) is 6.17. The van der Waals surface area contributed by atoms with Crippen LogP contribution in [0, 0.1) is 0 Å². The van der Waals surface area contributed by atoms with E-state index >= 15 is 0 Å². The van der Waals surface area contributed by atoms with Crippen molar-refractivity contribution in [2.75, 3.05) is 17.6 Å². The summed E-state index contributed by atoms with van der Waals surface area (Å²) in [5, 5.41) is 9.17. The van der Waals surface area contributed by atoms with Gasteiger partial charge in [0, 0.05) is 11.6 Å². The second-order valence-corrected chi connectivity index (χ2v) is 6.94. The van der Waals surface area contributed by atoms with Crippen molar-refractivity contribution in [3.05, 3.63) is 5.56 Å². The van der Waals surface area contributed by atoms with Crippen LogP contribution in [0.25, 0.3) is 0 Å². The number of hydrogen-bond donors (Lipinski definition) is 4. The SMILES string of the molecule is CC(C)(C)NC(=O)CNc1snc(N)c1C(=O)NC1CC1. The van der Waals surface area contributed by atoms with Crippen molar-refractivity contribution < 1.29 is 9.59 Å². The van der Waals surface area contributed by atoms with Gasteiger partial charge in [-0.2, -0.15) is 4.37 Å². The molecule has 0 radical (unpaired) electrons. The molecular weight excluding hydrogens is 290 g/mol. The van der Waals surface area contributed by atoms with E-state index in [1.54, 1.807) is 0 Å². The average Bonchev–Trinajstić information content (AvgIpc) is 3.06. The van der Waals surface area contributed by atoms with Gasteiger partial charge < -0.3 is 21.7 Å². The molecule has 0 atom stereocenters. The Morgan fingerprint density at radius 2 is 2.05 bits per heavy atom. The van der Waals surface area contributed by atoms with Crippen LogP contribution >= 0.6 is 11.5 Å². The number of carbonyl (C=O) groups excluding carboxylic acids is 2. The lowest BCUT2D eigenvalue weighted by molar-refractivity contribution is -0.120. The highest BCUT2D eigenvalue weighted by Crippen LogP contribution is 2.28. The predicted molar refractivity (Wildman–Crippen MR) is 83.4 cm³/mol. The zero-order valence-electron chi connectivity index (χ0n) is 12.4. The maximum Gasteiger partial charge on any atom is 0.258 e. The summed E-state index contributed by atoms with van der Waals surface area (Å²) in [6, 6.07) is 0.244. The van der Waals surface area contributed by atoms with Crippen LogP contribution < -0.4 is 21.7 Å². The lowest BCUT2D eigenvalue weighted by atomic mass is 10.1. The average molecular weight is 311 g/mol. The van der Waals surface area contributed by atoms with Crippen molar-refractivity contribution in [2.24, 2.45) is 0 Å². The maximum absolute atomic E-state index is 12.1. The van der Waals surface area contributed by atoms with Gasteiger partial charge in [-0.15, -0.1) is 0 Å². The van der Waals surface area contributed by atoms with E-state index in [0.717, 1.165) is 24.4 Å². The number of nitrogen functional groups attached to an aromatic ring is 1. The molecule has 1 fully saturated rings. The lowest BCUT2D eigenvalue weighted by Gasteiger charge is -2.20. The Hall–Kier alpha value is -1.83. The van der Waals surface area contributed by atoms with Crippen molar-refractivity contribution >= 4 is 34.2 Å². The zero-order valence-corrected chi connectivity index (χ0v) is 13.3. The summed E-state index contributed by atoms with van der Waals surface area (Å²) < 4.78 is 3.98. The smallest absolute Gasteiger partial charge is 0.258 e. The molecule has 0 aromatic carbocycles. The first-order valence-corrected chi connectivity index (χ1v) is 7.64. The highest BCUT2D eigenvalue weighted by atomic mass is 32.1. The summed E-state index contributed by atoms with van der Waals surface area (Å²) in [5.74, 6) is -0.192. The summed E-state index contributed by atoms with van der Waals surface area (Å²) in [6.07, 6.45) is 2.00. The molecule has 116 valence electrons. The topological polar surface area (TPSA) is 109 Å². The Morgan fingerprint density at radius 3 is 2.62 bits per heavy atom. The van der Waals surface area contributed by atoms with Crippen LogP contribution in [0.15, 0.2) is 0 Å². The van der Waals surface area contributed by atoms with Gasteiger partial charge in [-0.25, -0.2) is 0 Å². The molecular formula is C13H21N5O2S. The van der Waals surface area contributed by atoms with E-state index in [0.29, 0.717) is 10.6 Å². The number of nitrogens with one attached hydrogen (secondary N) is 3. The number of aromatic nitrogens is 1. The highest BCUT2D eigenvalue weighted by Gasteiger charge is 2.27. The minimum atomic E-state index is -0.294. The van der Waals surface area contributed by atoms with Gasteiger partial charge in [-0.1, -0.05) is 0 Å². The van der Waals surface area contributed by atoms with E-state index in [9.17, 15) is 9.59 Å². The fraction of sp³-hybridized carbons (Fsp3) is 0.615. The molecule has 1 aromatic heterocycles. The van der Waals surface area contributed by atoms with Crippen molar-refractivity contribution in [3.8, 4) is 0 Å². The number of nitrogens with two attached hydrogens (primary N) is 1. The molecule has 2 rings (SSSR count). The fourth-order valence-corrected chi connectivity index (χ4v) is 2.46. The number of amides is 2. The van der Waals surface area contributed by atoms with Gasteiger partial charge in [0.1, 0.15) is 10.6 Å². The van der Waals surface area contributed by atoms with Gasteiger partial charge in [0.15, 0.2) is 5.82 Å². The van der Waals surface area contributed by atoms with Crippen LogP contribution in [-0.4, -0.2) is 34.3 Å². The van der Waals surface area contributed by atoms with Crippen molar-refractivity contribution in [3.63, 3.8) is 0 Å². The van der Waals surface area contributed by atoms with E-state index in [1.165, 1.54) is 0 Å². The van der Waals surface area contributed by atoms with Crippen LogP contribution in [-0.2, 0) is 4.79 Å². The molecule has 21 heavy (non-hydrogen) atoms. The van der Waals surface area contributed by atoms with Crippen molar-refractivity contribution in [1.29, 1.82) is 0 Å². The third kappa shape index (κ3) is 4.59. The molecule has 1 aromatic rings. The molecule has 0 aliphatic heterocycles. The Morgan fingerprint density at radius 1 is 1.38 bits per heavy atom. The molecule has 0 unspecified atom stereocenters. The predicted octanol–water partition coefficient (Wildman–Crippen LogP) is 0.944. The second kappa shape index (κ2) is 5.88. The van der Waals surface area contributed by atoms with E-state index in [4.69, 9.17) is 5.73 Å². The largest absolute Gasteiger partial charge is 0.382 e. The first-order valence-electron chi connectivity index (χ1n) is 6.87. The zero-order chi connectivity index (χ0) is 15.6. The highest BCUT2D eigenvalue weighted by molar-refractivity contribution is 7.11. The Bertz CT molecular complexity index is 545. The van der Waals surface area contributed by atoms with Crippen LogP contribution in [0.4, 0.5) is 10.8 Å². The van der Waals surface area contributed by atoms with Gasteiger partial charge in [-0.05, 0) is 45.1 Å². The maximum atomic E-state index is 12.1. The quantitative estimate of drug-likeness (QED) is 0.647. The van der Waals surface area contributed by atoms with Crippen molar-refractivity contribution in [1.82, 2.24) is 15.0 Å². The summed E-state index contributed by atoms with van der Waals surface area (Å²) in [4.78, 5) is 23.9. The molecule has 8 heteroatoms. The van der Waals surface area contributed by atoms with Gasteiger partial charge in [0.25, 0.3) is 5.91 Å². The number of carbonyl (C=O) groups is 2. The van der Waals surface area contributed by atoms with Crippen molar-refractivity contribution in [2.45, 2.75) is 45.2 Å². The van der Waals surface area contributed by atoms with E-state index in [1.807, 2.05) is 20.8 Å². The van der Waals surface area contributed by atoms with Crippen LogP contribution in [0.5, 0.6) is 0 Å². The third-order valence-corrected chi connectivity index (χ3v) is 3.60. The standard InChI is InChI=1S/C13H21N5O2S/c1-13(2,3)17-8(19)6-15-12-9(10(14)18-21-12)11(20)16-7-4-5-7/h7,15H,4-6H2,1-3H3,(H2,14,18)(H,16,20)(H,17,19). The molecule has 1 heterocycles. The van der Waals surface area contributed by atoms with Gasteiger partial charge in [0.05, 0.1) is 6.54 Å². The van der Waals surface area contributed by atoms with Gasteiger partial charge in [-0.3, -0.25) is 9.59 Å². The minimum absolute atomic E-state index is 0.0720. The molecule has 0 spiro atoms. The number of rotatable bonds is 5. The lowest BCUT2D eigenvalue weighted by Crippen LogP contribution is -2.43. The Labute approximate surface area is 127 Å². The van der Waals surface area contributed by atoms with E-state index in [-0.39, 0.29) is 35.8 Å². The number of hydrogen-bond acceptors (Lipinski definition) is 6. The molecule has 7 nitrogen and oxygen atoms in total. The van der Waals surface area contributed by atoms with E-state index < -0.39 is 0 Å². The first-order chi connectivity index (χ1) is 9.76. The summed E-state index contributed by atoms with van der Waals surface area (Å²) >= 11 is 1.09. The van der Waals surface area contributed by atoms with Crippen LogP contribution in [0.1, 0.15) is 44.0 Å². The first kappa shape index (κ1) is 15.6. The molecule has 1 aliphatic rings. The summed E-state index contributed by atoms with van der Waals surface area (Å²) in [5.41, 5.74) is 5.78. The Kier molecular flexibility index (Phi) is 4.36. The molecule has 0 bridgehead atoms. The minimum Gasteiger partial charge on any atom is -0.382 e. The van der Waals surface area contributed by atoms with Crippen LogP contribution in [0.3, 0.4) is 0 Å². The normalized spacial score (nSPS) is 14.6. The third-order valence-electron chi connectivity index (χ3n) is 2.78. The molecule has 5 N–H and O–H groups in total. The Balaban J connectivity index is 1.97. The molecule has 0 saturated heterocycles. The molecule has 1 saturated carbocycles. The molecule has 1 aliphatic carbocycles.